The number of hydrogen-bond acceptors (Lipinski definition) is 1. The summed E-state index contributed by atoms with van der Waals surface area (Å²) in [6, 6.07) is 11.4. The third kappa shape index (κ3) is 5.83. The van der Waals surface area contributed by atoms with E-state index >= 15 is 0 Å². The van der Waals surface area contributed by atoms with Gasteiger partial charge >= 0.3 is 0 Å². The molecule has 1 rings (SSSR count). The zero-order valence-corrected chi connectivity index (χ0v) is 12.5. The number of carbonyl (C=O) groups is 1. The van der Waals surface area contributed by atoms with Gasteiger partial charge in [-0.15, -0.1) is 0 Å². The Hall–Kier alpha value is -0.893. The van der Waals surface area contributed by atoms with Crippen LogP contribution in [-0.4, -0.2) is 13.9 Å². The minimum absolute atomic E-state index is 0.352. The summed E-state index contributed by atoms with van der Waals surface area (Å²) < 4.78 is 0. The molecule has 0 radical (unpaired) electrons. The Morgan fingerprint density at radius 2 is 1.76 bits per heavy atom. The minimum atomic E-state index is -1.07. The first-order chi connectivity index (χ1) is 7.88. The predicted molar refractivity (Wildman–Crippen MR) is 77.3 cm³/mol. The second kappa shape index (κ2) is 6.15. The standard InChI is InChI=1S/C15H24OSi/c1-13(14-8-6-5-7-9-14)12-15(16)10-11-17(2,3)4/h5-9,13H,10-12H2,1-4H3. The monoisotopic (exact) mass is 248 g/mol. The fourth-order valence-electron chi connectivity index (χ4n) is 1.86. The second-order valence-electron chi connectivity index (χ2n) is 6.12. The highest BCUT2D eigenvalue weighted by molar-refractivity contribution is 6.76. The maximum Gasteiger partial charge on any atom is 0.133 e. The topological polar surface area (TPSA) is 17.1 Å². The van der Waals surface area contributed by atoms with Crippen LogP contribution >= 0.6 is 0 Å². The summed E-state index contributed by atoms with van der Waals surface area (Å²) in [6.45, 7) is 9.10. The molecule has 0 saturated carbocycles. The Balaban J connectivity index is 2.42. The normalized spacial score (nSPS) is 13.4. The van der Waals surface area contributed by atoms with Crippen LogP contribution in [-0.2, 0) is 4.79 Å². The Labute approximate surface area is 106 Å². The summed E-state index contributed by atoms with van der Waals surface area (Å²) in [4.78, 5) is 11.9. The quantitative estimate of drug-likeness (QED) is 0.678. The lowest BCUT2D eigenvalue weighted by atomic mass is 9.95. The predicted octanol–water partition coefficient (Wildman–Crippen LogP) is 4.48. The summed E-state index contributed by atoms with van der Waals surface area (Å²) in [5, 5.41) is 0. The Kier molecular flexibility index (Phi) is 5.13. The molecule has 0 aliphatic heterocycles. The number of ketones is 1. The molecule has 2 heteroatoms. The first-order valence-electron chi connectivity index (χ1n) is 6.45. The summed E-state index contributed by atoms with van der Waals surface area (Å²) in [7, 11) is -1.07. The average Bonchev–Trinajstić information content (AvgIpc) is 2.27. The highest BCUT2D eigenvalue weighted by atomic mass is 28.3. The smallest absolute Gasteiger partial charge is 0.133 e. The van der Waals surface area contributed by atoms with Crippen LogP contribution in [0.15, 0.2) is 30.3 Å². The van der Waals surface area contributed by atoms with Crippen molar-refractivity contribution in [1.29, 1.82) is 0 Å². The summed E-state index contributed by atoms with van der Waals surface area (Å²) >= 11 is 0. The van der Waals surface area contributed by atoms with E-state index in [4.69, 9.17) is 0 Å². The molecule has 0 saturated heterocycles. The fourth-order valence-corrected chi connectivity index (χ4v) is 2.89. The van der Waals surface area contributed by atoms with Gasteiger partial charge in [-0.25, -0.2) is 0 Å². The van der Waals surface area contributed by atoms with Gasteiger partial charge in [-0.05, 0) is 11.5 Å². The number of rotatable bonds is 6. The van der Waals surface area contributed by atoms with Gasteiger partial charge in [0.05, 0.1) is 0 Å². The third-order valence-corrected chi connectivity index (χ3v) is 4.81. The molecule has 1 unspecified atom stereocenters. The lowest BCUT2D eigenvalue weighted by Gasteiger charge is -2.16. The van der Waals surface area contributed by atoms with Gasteiger partial charge in [0.1, 0.15) is 5.78 Å². The van der Waals surface area contributed by atoms with E-state index in [1.54, 1.807) is 0 Å². The zero-order chi connectivity index (χ0) is 12.9. The van der Waals surface area contributed by atoms with Gasteiger partial charge in [0.25, 0.3) is 0 Å². The Morgan fingerprint density at radius 1 is 1.18 bits per heavy atom. The van der Waals surface area contributed by atoms with Crippen molar-refractivity contribution in [2.24, 2.45) is 0 Å². The number of hydrogen-bond donors (Lipinski definition) is 0. The molecule has 1 aromatic carbocycles. The SMILES string of the molecule is CC(CC(=O)CC[Si](C)(C)C)c1ccccc1. The van der Waals surface area contributed by atoms with Crippen LogP contribution in [0.1, 0.15) is 31.2 Å². The van der Waals surface area contributed by atoms with Gasteiger partial charge in [-0.1, -0.05) is 62.9 Å². The molecule has 94 valence electrons. The molecular formula is C15H24OSi. The van der Waals surface area contributed by atoms with Crippen molar-refractivity contribution < 1.29 is 4.79 Å². The van der Waals surface area contributed by atoms with Crippen molar-refractivity contribution in [3.05, 3.63) is 35.9 Å². The van der Waals surface area contributed by atoms with E-state index in [2.05, 4.69) is 38.7 Å². The molecule has 0 spiro atoms. The van der Waals surface area contributed by atoms with Crippen molar-refractivity contribution in [1.82, 2.24) is 0 Å². The molecule has 0 amide bonds. The van der Waals surface area contributed by atoms with E-state index in [1.807, 2.05) is 18.2 Å². The molecule has 0 aliphatic carbocycles. The molecule has 0 N–H and O–H groups in total. The van der Waals surface area contributed by atoms with Crippen LogP contribution in [0.25, 0.3) is 0 Å². The molecule has 0 bridgehead atoms. The van der Waals surface area contributed by atoms with Crippen molar-refractivity contribution in [3.8, 4) is 0 Å². The van der Waals surface area contributed by atoms with Gasteiger partial charge in [0, 0.05) is 20.9 Å². The highest BCUT2D eigenvalue weighted by Gasteiger charge is 2.16. The van der Waals surface area contributed by atoms with Crippen LogP contribution < -0.4 is 0 Å². The van der Waals surface area contributed by atoms with Crippen molar-refractivity contribution in [2.75, 3.05) is 0 Å². The maximum absolute atomic E-state index is 11.9. The van der Waals surface area contributed by atoms with Gasteiger partial charge in [0.2, 0.25) is 0 Å². The largest absolute Gasteiger partial charge is 0.300 e. The fraction of sp³-hybridized carbons (Fsp3) is 0.533. The van der Waals surface area contributed by atoms with Crippen molar-refractivity contribution >= 4 is 13.9 Å². The number of Topliss-reactive ketones (excluding diaryl/α,β-unsaturated/α-hetero) is 1. The summed E-state index contributed by atoms with van der Waals surface area (Å²) in [6.07, 6.45) is 1.46. The third-order valence-electron chi connectivity index (χ3n) is 3.06. The van der Waals surface area contributed by atoms with Crippen LogP contribution in [0.3, 0.4) is 0 Å². The molecular weight excluding hydrogens is 224 g/mol. The lowest BCUT2D eigenvalue weighted by molar-refractivity contribution is -0.119. The van der Waals surface area contributed by atoms with E-state index in [9.17, 15) is 4.79 Å². The summed E-state index contributed by atoms with van der Waals surface area (Å²) in [5.74, 6) is 0.772. The first-order valence-corrected chi connectivity index (χ1v) is 10.2. The van der Waals surface area contributed by atoms with E-state index in [0.717, 1.165) is 12.5 Å². The van der Waals surface area contributed by atoms with Crippen LogP contribution in [0.5, 0.6) is 0 Å². The van der Waals surface area contributed by atoms with E-state index in [0.29, 0.717) is 18.1 Å². The maximum atomic E-state index is 11.9. The number of carbonyl (C=O) groups excluding carboxylic acids is 1. The van der Waals surface area contributed by atoms with Gasteiger partial charge < -0.3 is 0 Å². The van der Waals surface area contributed by atoms with Crippen molar-refractivity contribution in [3.63, 3.8) is 0 Å². The molecule has 0 aliphatic rings. The Bertz CT molecular complexity index is 351. The van der Waals surface area contributed by atoms with Gasteiger partial charge in [-0.3, -0.25) is 4.79 Å². The summed E-state index contributed by atoms with van der Waals surface area (Å²) in [5.41, 5.74) is 1.27. The highest BCUT2D eigenvalue weighted by Crippen LogP contribution is 2.21. The van der Waals surface area contributed by atoms with Crippen molar-refractivity contribution in [2.45, 2.75) is 51.4 Å². The zero-order valence-electron chi connectivity index (χ0n) is 11.5. The van der Waals surface area contributed by atoms with Gasteiger partial charge in [-0.2, -0.15) is 0 Å². The molecule has 1 nitrogen and oxygen atoms in total. The Morgan fingerprint density at radius 3 is 2.29 bits per heavy atom. The molecule has 1 atom stereocenters. The number of benzene rings is 1. The van der Waals surface area contributed by atoms with Gasteiger partial charge in [0.15, 0.2) is 0 Å². The van der Waals surface area contributed by atoms with Crippen LogP contribution in [0.2, 0.25) is 25.7 Å². The van der Waals surface area contributed by atoms with Crippen LogP contribution in [0.4, 0.5) is 0 Å². The van der Waals surface area contributed by atoms with E-state index in [1.165, 1.54) is 5.56 Å². The van der Waals surface area contributed by atoms with E-state index < -0.39 is 8.07 Å². The molecule has 0 fully saturated rings. The minimum Gasteiger partial charge on any atom is -0.300 e. The lowest BCUT2D eigenvalue weighted by Crippen LogP contribution is -2.20. The average molecular weight is 248 g/mol. The molecule has 1 aromatic rings. The second-order valence-corrected chi connectivity index (χ2v) is 11.7. The van der Waals surface area contributed by atoms with Crippen LogP contribution in [0, 0.1) is 0 Å². The molecule has 17 heavy (non-hydrogen) atoms. The van der Waals surface area contributed by atoms with E-state index in [-0.39, 0.29) is 0 Å². The molecule has 0 aromatic heterocycles. The molecule has 0 heterocycles. The first kappa shape index (κ1) is 14.2.